The summed E-state index contributed by atoms with van der Waals surface area (Å²) in [4.78, 5) is 0. The van der Waals surface area contributed by atoms with E-state index < -0.39 is 0 Å². The van der Waals surface area contributed by atoms with Gasteiger partial charge in [-0.3, -0.25) is 0 Å². The molecule has 0 spiro atoms. The van der Waals surface area contributed by atoms with E-state index in [1.165, 1.54) is 0 Å². The number of benzene rings is 1. The smallest absolute Gasteiger partial charge is 0.0827 e. The molecule has 0 bridgehead atoms. The Hall–Kier alpha value is -0.310. The maximum Gasteiger partial charge on any atom is 0.0827 e. The zero-order chi connectivity index (χ0) is 9.42. The number of rotatable bonds is 1. The van der Waals surface area contributed by atoms with Crippen LogP contribution >= 0.6 is 27.5 Å². The van der Waals surface area contributed by atoms with Gasteiger partial charge in [0.15, 0.2) is 0 Å². The second-order valence-electron chi connectivity index (χ2n) is 3.01. The molecule has 0 unspecified atom stereocenters. The summed E-state index contributed by atoms with van der Waals surface area (Å²) >= 11 is 9.41. The first-order valence-corrected chi connectivity index (χ1v) is 5.19. The van der Waals surface area contributed by atoms with E-state index >= 15 is 0 Å². The van der Waals surface area contributed by atoms with Crippen molar-refractivity contribution in [1.82, 2.24) is 0 Å². The van der Waals surface area contributed by atoms with Gasteiger partial charge in [-0.2, -0.15) is 0 Å². The van der Waals surface area contributed by atoms with Gasteiger partial charge in [-0.05, 0) is 39.6 Å². The van der Waals surface area contributed by atoms with Crippen molar-refractivity contribution in [2.45, 2.75) is 12.5 Å². The lowest BCUT2D eigenvalue weighted by atomic mass is 9.89. The zero-order valence-electron chi connectivity index (χ0n) is 6.80. The summed E-state index contributed by atoms with van der Waals surface area (Å²) in [6.45, 7) is 0. The molecule has 1 nitrogen and oxygen atoms in total. The molecule has 0 amide bonds. The van der Waals surface area contributed by atoms with Crippen molar-refractivity contribution < 1.29 is 5.11 Å². The van der Waals surface area contributed by atoms with Gasteiger partial charge < -0.3 is 5.11 Å². The van der Waals surface area contributed by atoms with Crippen LogP contribution in [0.1, 0.15) is 12.0 Å². The normalized spacial score (nSPS) is 20.8. The predicted molar refractivity (Wildman–Crippen MR) is 57.8 cm³/mol. The van der Waals surface area contributed by atoms with E-state index in [1.807, 2.05) is 24.3 Å². The minimum atomic E-state index is -0.341. The highest BCUT2D eigenvalue weighted by Crippen LogP contribution is 2.37. The maximum absolute atomic E-state index is 9.43. The molecule has 68 valence electrons. The number of aliphatic hydroxyl groups is 1. The number of hydrogen-bond acceptors (Lipinski definition) is 1. The van der Waals surface area contributed by atoms with Crippen LogP contribution in [-0.4, -0.2) is 11.2 Å². The maximum atomic E-state index is 9.43. The Kier molecular flexibility index (Phi) is 2.45. The third-order valence-electron chi connectivity index (χ3n) is 2.18. The van der Waals surface area contributed by atoms with Crippen LogP contribution in [-0.2, 0) is 0 Å². The molecule has 1 aliphatic carbocycles. The molecule has 0 radical (unpaired) electrons. The van der Waals surface area contributed by atoms with Gasteiger partial charge in [0.1, 0.15) is 0 Å². The van der Waals surface area contributed by atoms with E-state index in [-0.39, 0.29) is 6.10 Å². The van der Waals surface area contributed by atoms with Crippen LogP contribution in [0.5, 0.6) is 0 Å². The molecule has 1 aromatic carbocycles. The molecule has 0 saturated heterocycles. The average molecular weight is 260 g/mol. The molecular weight excluding hydrogens is 251 g/mol. The predicted octanol–water partition coefficient (Wildman–Crippen LogP) is 3.25. The number of hydrogen-bond donors (Lipinski definition) is 1. The van der Waals surface area contributed by atoms with Crippen molar-refractivity contribution in [1.29, 1.82) is 0 Å². The molecular formula is C10H8BrClO. The zero-order valence-corrected chi connectivity index (χ0v) is 9.14. The molecule has 2 rings (SSSR count). The minimum Gasteiger partial charge on any atom is -0.388 e. The van der Waals surface area contributed by atoms with Crippen LogP contribution in [0, 0.1) is 0 Å². The molecule has 1 atom stereocenters. The van der Waals surface area contributed by atoms with Gasteiger partial charge in [-0.15, -0.1) is 0 Å². The van der Waals surface area contributed by atoms with Gasteiger partial charge in [0.25, 0.3) is 0 Å². The highest BCUT2D eigenvalue weighted by Gasteiger charge is 2.22. The summed E-state index contributed by atoms with van der Waals surface area (Å²) in [7, 11) is 0. The number of aliphatic hydroxyl groups excluding tert-OH is 1. The lowest BCUT2D eigenvalue weighted by Gasteiger charge is -2.23. The van der Waals surface area contributed by atoms with Gasteiger partial charge in [-0.25, -0.2) is 0 Å². The van der Waals surface area contributed by atoms with E-state index in [1.54, 1.807) is 0 Å². The SMILES string of the molecule is O[C@@H]1CC=C1c1cccc(Br)c1Cl. The van der Waals surface area contributed by atoms with E-state index in [0.717, 1.165) is 22.0 Å². The lowest BCUT2D eigenvalue weighted by molar-refractivity contribution is 0.222. The molecule has 0 aromatic heterocycles. The van der Waals surface area contributed by atoms with Gasteiger partial charge >= 0.3 is 0 Å². The highest BCUT2D eigenvalue weighted by atomic mass is 79.9. The van der Waals surface area contributed by atoms with Crippen molar-refractivity contribution in [2.24, 2.45) is 0 Å². The first-order valence-electron chi connectivity index (χ1n) is 4.02. The molecule has 13 heavy (non-hydrogen) atoms. The first-order chi connectivity index (χ1) is 6.20. The van der Waals surface area contributed by atoms with Gasteiger partial charge in [0, 0.05) is 4.47 Å². The summed E-state index contributed by atoms with van der Waals surface area (Å²) in [6.07, 6.45) is 2.39. The van der Waals surface area contributed by atoms with Crippen LogP contribution < -0.4 is 0 Å². The molecule has 0 fully saturated rings. The second-order valence-corrected chi connectivity index (χ2v) is 4.24. The van der Waals surface area contributed by atoms with Gasteiger partial charge in [0.05, 0.1) is 11.1 Å². The Morgan fingerprint density at radius 3 is 2.77 bits per heavy atom. The minimum absolute atomic E-state index is 0.341. The van der Waals surface area contributed by atoms with Crippen LogP contribution in [0.25, 0.3) is 5.57 Å². The van der Waals surface area contributed by atoms with Crippen LogP contribution in [0.2, 0.25) is 5.02 Å². The Balaban J connectivity index is 2.47. The van der Waals surface area contributed by atoms with E-state index in [4.69, 9.17) is 11.6 Å². The Bertz CT molecular complexity index is 373. The number of halogens is 2. The Labute approximate surface area is 90.2 Å². The third kappa shape index (κ3) is 1.54. The summed E-state index contributed by atoms with van der Waals surface area (Å²) < 4.78 is 0.867. The molecule has 0 heterocycles. The van der Waals surface area contributed by atoms with Crippen LogP contribution in [0.15, 0.2) is 28.7 Å². The van der Waals surface area contributed by atoms with Gasteiger partial charge in [0.2, 0.25) is 0 Å². The fraction of sp³-hybridized carbons (Fsp3) is 0.200. The molecule has 3 heteroatoms. The Morgan fingerprint density at radius 1 is 1.46 bits per heavy atom. The summed E-state index contributed by atoms with van der Waals surface area (Å²) in [5, 5.41) is 10.1. The van der Waals surface area contributed by atoms with Crippen molar-refractivity contribution >= 4 is 33.1 Å². The molecule has 1 aliphatic rings. The standard InChI is InChI=1S/C10H8BrClO/c11-8-3-1-2-7(10(8)12)6-4-5-9(6)13/h1-4,9,13H,5H2/t9-/m1/s1. The Morgan fingerprint density at radius 2 is 2.23 bits per heavy atom. The molecule has 1 N–H and O–H groups in total. The van der Waals surface area contributed by atoms with Gasteiger partial charge in [-0.1, -0.05) is 29.8 Å². The summed E-state index contributed by atoms with van der Waals surface area (Å²) in [5.41, 5.74) is 1.86. The lowest BCUT2D eigenvalue weighted by Crippen LogP contribution is -2.16. The molecule has 1 aromatic rings. The first kappa shape index (κ1) is 9.25. The van der Waals surface area contributed by atoms with E-state index in [2.05, 4.69) is 15.9 Å². The van der Waals surface area contributed by atoms with Crippen molar-refractivity contribution in [3.63, 3.8) is 0 Å². The summed E-state index contributed by atoms with van der Waals surface area (Å²) in [5.74, 6) is 0. The van der Waals surface area contributed by atoms with Crippen molar-refractivity contribution in [3.8, 4) is 0 Å². The fourth-order valence-electron chi connectivity index (χ4n) is 1.36. The van der Waals surface area contributed by atoms with E-state index in [9.17, 15) is 5.11 Å². The topological polar surface area (TPSA) is 20.2 Å². The monoisotopic (exact) mass is 258 g/mol. The van der Waals surface area contributed by atoms with Crippen LogP contribution in [0.3, 0.4) is 0 Å². The van der Waals surface area contributed by atoms with Crippen molar-refractivity contribution in [2.75, 3.05) is 0 Å². The quantitative estimate of drug-likeness (QED) is 0.821. The van der Waals surface area contributed by atoms with Crippen LogP contribution in [0.4, 0.5) is 0 Å². The third-order valence-corrected chi connectivity index (χ3v) is 3.48. The molecule has 0 saturated carbocycles. The van der Waals surface area contributed by atoms with Crippen molar-refractivity contribution in [3.05, 3.63) is 39.3 Å². The largest absolute Gasteiger partial charge is 0.388 e. The second kappa shape index (κ2) is 3.45. The summed E-state index contributed by atoms with van der Waals surface area (Å²) in [6, 6.07) is 5.72. The average Bonchev–Trinajstić information content (AvgIpc) is 2.10. The fourth-order valence-corrected chi connectivity index (χ4v) is 1.96. The highest BCUT2D eigenvalue weighted by molar-refractivity contribution is 9.10. The molecule has 0 aliphatic heterocycles. The van der Waals surface area contributed by atoms with E-state index in [0.29, 0.717) is 5.02 Å².